The first-order valence-corrected chi connectivity index (χ1v) is 7.97. The van der Waals surface area contributed by atoms with E-state index in [0.717, 1.165) is 24.3 Å². The second-order valence-corrected chi connectivity index (χ2v) is 6.44. The van der Waals surface area contributed by atoms with E-state index in [1.54, 1.807) is 0 Å². The molecule has 0 amide bonds. The van der Waals surface area contributed by atoms with Crippen LogP contribution < -0.4 is 0 Å². The molecule has 1 aromatic carbocycles. The number of benzene rings is 1. The summed E-state index contributed by atoms with van der Waals surface area (Å²) >= 11 is 0. The molecule has 1 heteroatoms. The van der Waals surface area contributed by atoms with E-state index < -0.39 is 0 Å². The van der Waals surface area contributed by atoms with Gasteiger partial charge in [0.05, 0.1) is 0 Å². The Hall–Kier alpha value is -0.820. The Morgan fingerprint density at radius 1 is 1.05 bits per heavy atom. The van der Waals surface area contributed by atoms with Crippen LogP contribution in [0.15, 0.2) is 30.3 Å². The van der Waals surface area contributed by atoms with Gasteiger partial charge in [0.15, 0.2) is 0 Å². The zero-order valence-electron chi connectivity index (χ0n) is 12.8. The van der Waals surface area contributed by atoms with Crippen molar-refractivity contribution in [3.63, 3.8) is 0 Å². The Morgan fingerprint density at radius 3 is 2.26 bits per heavy atom. The quantitative estimate of drug-likeness (QED) is 0.748. The van der Waals surface area contributed by atoms with Crippen molar-refractivity contribution in [3.05, 3.63) is 35.9 Å². The second-order valence-electron chi connectivity index (χ2n) is 6.44. The molecule has 0 spiro atoms. The first-order valence-electron chi connectivity index (χ1n) is 7.97. The number of hydrogen-bond donors (Lipinski definition) is 0. The van der Waals surface area contributed by atoms with Gasteiger partial charge < -0.3 is 0 Å². The summed E-state index contributed by atoms with van der Waals surface area (Å²) in [5, 5.41) is 0. The third kappa shape index (κ3) is 4.07. The molecule has 1 aliphatic rings. The monoisotopic (exact) mass is 259 g/mol. The smallest absolute Gasteiger partial charge is 0.0233 e. The zero-order chi connectivity index (χ0) is 13.7. The molecule has 1 saturated heterocycles. The minimum absolute atomic E-state index is 0.846. The lowest BCUT2D eigenvalue weighted by Crippen LogP contribution is -2.43. The van der Waals surface area contributed by atoms with E-state index >= 15 is 0 Å². The summed E-state index contributed by atoms with van der Waals surface area (Å²) < 4.78 is 0. The van der Waals surface area contributed by atoms with Crippen LogP contribution in [-0.4, -0.2) is 18.0 Å². The summed E-state index contributed by atoms with van der Waals surface area (Å²) in [5.41, 5.74) is 1.45. The highest BCUT2D eigenvalue weighted by molar-refractivity contribution is 5.14. The molecule has 1 aromatic rings. The van der Waals surface area contributed by atoms with Crippen LogP contribution in [-0.2, 0) is 6.54 Å². The Kier molecular flexibility index (Phi) is 5.45. The molecular weight excluding hydrogens is 230 g/mol. The number of rotatable bonds is 5. The van der Waals surface area contributed by atoms with Gasteiger partial charge in [0.1, 0.15) is 0 Å². The number of likely N-dealkylation sites (tertiary alicyclic amines) is 1. The van der Waals surface area contributed by atoms with Crippen molar-refractivity contribution < 1.29 is 0 Å². The van der Waals surface area contributed by atoms with Crippen LogP contribution in [0.25, 0.3) is 0 Å². The third-order valence-electron chi connectivity index (χ3n) is 4.69. The maximum Gasteiger partial charge on any atom is 0.0233 e. The molecule has 0 aromatic heterocycles. The first-order chi connectivity index (χ1) is 9.20. The van der Waals surface area contributed by atoms with E-state index in [0.29, 0.717) is 0 Å². The van der Waals surface area contributed by atoms with Gasteiger partial charge in [0, 0.05) is 19.6 Å². The molecule has 0 bridgehead atoms. The van der Waals surface area contributed by atoms with Gasteiger partial charge in [-0.2, -0.15) is 0 Å². The van der Waals surface area contributed by atoms with E-state index in [2.05, 4.69) is 56.0 Å². The predicted molar refractivity (Wildman–Crippen MR) is 83.1 cm³/mol. The fourth-order valence-electron chi connectivity index (χ4n) is 3.70. The van der Waals surface area contributed by atoms with Gasteiger partial charge in [-0.3, -0.25) is 4.90 Å². The summed E-state index contributed by atoms with van der Waals surface area (Å²) in [6, 6.07) is 10.9. The molecule has 0 saturated carbocycles. The van der Waals surface area contributed by atoms with Crippen molar-refractivity contribution in [1.29, 1.82) is 0 Å². The standard InChI is InChI=1S/C18H29N/c1-4-5-11-18-15(2)12-19(13-16(18)3)14-17-9-7-6-8-10-17/h6-10,15-16,18H,4-5,11-14H2,1-3H3. The van der Waals surface area contributed by atoms with Crippen molar-refractivity contribution in [1.82, 2.24) is 4.90 Å². The minimum Gasteiger partial charge on any atom is -0.299 e. The molecule has 1 nitrogen and oxygen atoms in total. The summed E-state index contributed by atoms with van der Waals surface area (Å²) in [6.45, 7) is 10.9. The van der Waals surface area contributed by atoms with Crippen LogP contribution in [0.2, 0.25) is 0 Å². The highest BCUT2D eigenvalue weighted by Gasteiger charge is 2.30. The van der Waals surface area contributed by atoms with Crippen LogP contribution in [0.3, 0.4) is 0 Å². The highest BCUT2D eigenvalue weighted by atomic mass is 15.1. The molecule has 1 heterocycles. The second kappa shape index (κ2) is 7.09. The fraction of sp³-hybridized carbons (Fsp3) is 0.667. The average molecular weight is 259 g/mol. The maximum absolute atomic E-state index is 2.65. The molecule has 1 fully saturated rings. The van der Waals surface area contributed by atoms with E-state index in [1.807, 2.05) is 0 Å². The molecule has 0 N–H and O–H groups in total. The predicted octanol–water partition coefficient (Wildman–Crippen LogP) is 4.58. The van der Waals surface area contributed by atoms with Crippen LogP contribution >= 0.6 is 0 Å². The van der Waals surface area contributed by atoms with Crippen LogP contribution in [0.5, 0.6) is 0 Å². The van der Waals surface area contributed by atoms with Crippen molar-refractivity contribution in [3.8, 4) is 0 Å². The van der Waals surface area contributed by atoms with Crippen LogP contribution in [0.1, 0.15) is 45.6 Å². The minimum atomic E-state index is 0.846. The average Bonchev–Trinajstić information content (AvgIpc) is 2.39. The number of hydrogen-bond acceptors (Lipinski definition) is 1. The molecule has 1 aliphatic heterocycles. The SMILES string of the molecule is CCCCC1C(C)CN(Cc2ccccc2)CC1C. The largest absolute Gasteiger partial charge is 0.299 e. The van der Waals surface area contributed by atoms with Crippen molar-refractivity contribution in [2.24, 2.45) is 17.8 Å². The summed E-state index contributed by atoms with van der Waals surface area (Å²) in [5.74, 6) is 2.63. The van der Waals surface area contributed by atoms with Crippen molar-refractivity contribution >= 4 is 0 Å². The van der Waals surface area contributed by atoms with Gasteiger partial charge in [0.25, 0.3) is 0 Å². The van der Waals surface area contributed by atoms with Gasteiger partial charge >= 0.3 is 0 Å². The van der Waals surface area contributed by atoms with Crippen LogP contribution in [0, 0.1) is 17.8 Å². The number of unbranched alkanes of at least 4 members (excludes halogenated alkanes) is 1. The number of piperidine rings is 1. The molecular formula is C18H29N. The summed E-state index contributed by atoms with van der Waals surface area (Å²) in [7, 11) is 0. The van der Waals surface area contributed by atoms with Gasteiger partial charge in [-0.1, -0.05) is 63.9 Å². The molecule has 19 heavy (non-hydrogen) atoms. The molecule has 0 aliphatic carbocycles. The number of nitrogens with zero attached hydrogens (tertiary/aromatic N) is 1. The normalized spacial score (nSPS) is 28.5. The Morgan fingerprint density at radius 2 is 1.68 bits per heavy atom. The molecule has 2 unspecified atom stereocenters. The van der Waals surface area contributed by atoms with Gasteiger partial charge in [-0.15, -0.1) is 0 Å². The van der Waals surface area contributed by atoms with E-state index in [4.69, 9.17) is 0 Å². The van der Waals surface area contributed by atoms with Gasteiger partial charge in [0.2, 0.25) is 0 Å². The first kappa shape index (κ1) is 14.6. The van der Waals surface area contributed by atoms with Crippen molar-refractivity contribution in [2.75, 3.05) is 13.1 Å². The zero-order valence-corrected chi connectivity index (χ0v) is 12.8. The lowest BCUT2D eigenvalue weighted by atomic mass is 9.76. The molecule has 2 atom stereocenters. The molecule has 0 radical (unpaired) electrons. The van der Waals surface area contributed by atoms with Crippen LogP contribution in [0.4, 0.5) is 0 Å². The Bertz CT molecular complexity index is 347. The summed E-state index contributed by atoms with van der Waals surface area (Å²) in [6.07, 6.45) is 4.17. The molecule has 2 rings (SSSR count). The van der Waals surface area contributed by atoms with E-state index in [9.17, 15) is 0 Å². The van der Waals surface area contributed by atoms with Gasteiger partial charge in [-0.25, -0.2) is 0 Å². The lowest BCUT2D eigenvalue weighted by Gasteiger charge is -2.41. The Labute approximate surface area is 119 Å². The van der Waals surface area contributed by atoms with Crippen molar-refractivity contribution in [2.45, 2.75) is 46.6 Å². The Balaban J connectivity index is 1.90. The van der Waals surface area contributed by atoms with E-state index in [1.165, 1.54) is 37.9 Å². The maximum atomic E-state index is 2.65. The topological polar surface area (TPSA) is 3.24 Å². The third-order valence-corrected chi connectivity index (χ3v) is 4.69. The van der Waals surface area contributed by atoms with E-state index in [-0.39, 0.29) is 0 Å². The molecule has 106 valence electrons. The lowest BCUT2D eigenvalue weighted by molar-refractivity contribution is 0.0668. The van der Waals surface area contributed by atoms with Gasteiger partial charge in [-0.05, 0) is 29.7 Å². The highest BCUT2D eigenvalue weighted by Crippen LogP contribution is 2.32. The fourth-order valence-corrected chi connectivity index (χ4v) is 3.70. The summed E-state index contributed by atoms with van der Waals surface area (Å²) in [4.78, 5) is 2.65.